The third-order valence-electron chi connectivity index (χ3n) is 2.28. The number of rotatable bonds is 1. The van der Waals surface area contributed by atoms with Gasteiger partial charge < -0.3 is 15.2 Å². The van der Waals surface area contributed by atoms with Crippen LogP contribution in [0, 0.1) is 5.82 Å². The number of halogens is 2. The van der Waals surface area contributed by atoms with Gasteiger partial charge in [-0.3, -0.25) is 0 Å². The van der Waals surface area contributed by atoms with E-state index in [0.717, 1.165) is 12.6 Å². The van der Waals surface area contributed by atoms with Gasteiger partial charge in [0.25, 0.3) is 0 Å². The predicted octanol–water partition coefficient (Wildman–Crippen LogP) is 1.61. The summed E-state index contributed by atoms with van der Waals surface area (Å²) >= 11 is 0. The number of hydrogen-bond acceptors (Lipinski definition) is 3. The first kappa shape index (κ1) is 12.2. The predicted molar refractivity (Wildman–Crippen MR) is 56.9 cm³/mol. The zero-order valence-electron chi connectivity index (χ0n) is 8.07. The summed E-state index contributed by atoms with van der Waals surface area (Å²) in [6, 6.07) is 4.07. The van der Waals surface area contributed by atoms with Crippen molar-refractivity contribution >= 4 is 12.4 Å². The average Bonchev–Trinajstić information content (AvgIpc) is 2.19. The monoisotopic (exact) mass is 233 g/mol. The van der Waals surface area contributed by atoms with Crippen LogP contribution >= 0.6 is 12.4 Å². The van der Waals surface area contributed by atoms with Crippen molar-refractivity contribution in [3.05, 3.63) is 29.6 Å². The van der Waals surface area contributed by atoms with Gasteiger partial charge in [-0.2, -0.15) is 0 Å². The Kier molecular flexibility index (Phi) is 4.32. The van der Waals surface area contributed by atoms with Crippen molar-refractivity contribution in [1.29, 1.82) is 0 Å². The van der Waals surface area contributed by atoms with Crippen molar-refractivity contribution < 1.29 is 14.2 Å². The third kappa shape index (κ3) is 2.81. The summed E-state index contributed by atoms with van der Waals surface area (Å²) in [5.41, 5.74) is 0.544. The number of ether oxygens (including phenoxy) is 1. The lowest BCUT2D eigenvalue weighted by Crippen LogP contribution is -2.35. The molecule has 1 aromatic rings. The van der Waals surface area contributed by atoms with Crippen molar-refractivity contribution in [2.24, 2.45) is 0 Å². The average molecular weight is 234 g/mol. The highest BCUT2D eigenvalue weighted by molar-refractivity contribution is 5.85. The second-order valence-corrected chi connectivity index (χ2v) is 3.29. The summed E-state index contributed by atoms with van der Waals surface area (Å²) in [5, 5.41) is 12.2. The van der Waals surface area contributed by atoms with E-state index in [2.05, 4.69) is 5.32 Å². The van der Waals surface area contributed by atoms with Crippen LogP contribution in [0.2, 0.25) is 0 Å². The molecule has 0 saturated carbocycles. The Bertz CT molecular complexity index is 329. The quantitative estimate of drug-likeness (QED) is 0.775. The summed E-state index contributed by atoms with van der Waals surface area (Å²) in [7, 11) is 0. The van der Waals surface area contributed by atoms with Crippen molar-refractivity contribution in [2.45, 2.75) is 6.04 Å². The molecule has 1 aromatic carbocycles. The Morgan fingerprint density at radius 1 is 1.47 bits per heavy atom. The minimum atomic E-state index is -0.395. The van der Waals surface area contributed by atoms with Gasteiger partial charge in [-0.1, -0.05) is 6.07 Å². The minimum Gasteiger partial charge on any atom is -0.508 e. The van der Waals surface area contributed by atoms with E-state index in [-0.39, 0.29) is 24.2 Å². The van der Waals surface area contributed by atoms with E-state index < -0.39 is 5.82 Å². The van der Waals surface area contributed by atoms with Crippen LogP contribution in [0.15, 0.2) is 18.2 Å². The van der Waals surface area contributed by atoms with Crippen LogP contribution in [-0.4, -0.2) is 24.9 Å². The molecule has 1 aliphatic heterocycles. The summed E-state index contributed by atoms with van der Waals surface area (Å²) in [6.07, 6.45) is 0. The number of hydrogen-bond donors (Lipinski definition) is 2. The van der Waals surface area contributed by atoms with E-state index in [1.807, 2.05) is 0 Å². The van der Waals surface area contributed by atoms with Gasteiger partial charge in [0.1, 0.15) is 11.6 Å². The first-order valence-electron chi connectivity index (χ1n) is 4.57. The maximum atomic E-state index is 13.4. The maximum absolute atomic E-state index is 13.4. The van der Waals surface area contributed by atoms with Crippen molar-refractivity contribution in [3.8, 4) is 5.75 Å². The van der Waals surface area contributed by atoms with E-state index in [1.54, 1.807) is 6.07 Å². The zero-order valence-corrected chi connectivity index (χ0v) is 8.89. The smallest absolute Gasteiger partial charge is 0.131 e. The number of benzene rings is 1. The Labute approximate surface area is 93.7 Å². The van der Waals surface area contributed by atoms with Crippen LogP contribution in [0.4, 0.5) is 4.39 Å². The SMILES string of the molecule is Cl.Oc1ccc([C@@H]2COCCN2)c(F)c1. The van der Waals surface area contributed by atoms with Gasteiger partial charge in [0, 0.05) is 18.2 Å². The molecule has 0 unspecified atom stereocenters. The lowest BCUT2D eigenvalue weighted by Gasteiger charge is -2.24. The Morgan fingerprint density at radius 3 is 2.87 bits per heavy atom. The summed E-state index contributed by atoms with van der Waals surface area (Å²) in [6.45, 7) is 1.86. The van der Waals surface area contributed by atoms with Gasteiger partial charge in [-0.05, 0) is 6.07 Å². The number of morpholine rings is 1. The van der Waals surface area contributed by atoms with Crippen LogP contribution in [0.1, 0.15) is 11.6 Å². The van der Waals surface area contributed by atoms with Crippen LogP contribution in [0.25, 0.3) is 0 Å². The Balaban J connectivity index is 0.00000112. The fourth-order valence-corrected chi connectivity index (χ4v) is 1.56. The Morgan fingerprint density at radius 2 is 2.27 bits per heavy atom. The zero-order chi connectivity index (χ0) is 9.97. The molecular formula is C10H13ClFNO2. The largest absolute Gasteiger partial charge is 0.508 e. The normalized spacial score (nSPS) is 20.7. The topological polar surface area (TPSA) is 41.5 Å². The lowest BCUT2D eigenvalue weighted by molar-refractivity contribution is 0.0757. The molecule has 0 aromatic heterocycles. The molecule has 84 valence electrons. The highest BCUT2D eigenvalue weighted by Crippen LogP contribution is 2.22. The summed E-state index contributed by atoms with van der Waals surface area (Å²) in [4.78, 5) is 0. The van der Waals surface area contributed by atoms with E-state index in [0.29, 0.717) is 18.8 Å². The van der Waals surface area contributed by atoms with Gasteiger partial charge in [0.2, 0.25) is 0 Å². The Hall–Kier alpha value is -0.840. The van der Waals surface area contributed by atoms with Gasteiger partial charge >= 0.3 is 0 Å². The van der Waals surface area contributed by atoms with Crippen molar-refractivity contribution in [1.82, 2.24) is 5.32 Å². The van der Waals surface area contributed by atoms with E-state index >= 15 is 0 Å². The highest BCUT2D eigenvalue weighted by Gasteiger charge is 2.18. The molecule has 0 aliphatic carbocycles. The van der Waals surface area contributed by atoms with Crippen LogP contribution in [-0.2, 0) is 4.74 Å². The number of phenols is 1. The van der Waals surface area contributed by atoms with Gasteiger partial charge in [0.15, 0.2) is 0 Å². The van der Waals surface area contributed by atoms with Crippen LogP contribution in [0.5, 0.6) is 5.75 Å². The fourth-order valence-electron chi connectivity index (χ4n) is 1.56. The van der Waals surface area contributed by atoms with Gasteiger partial charge in [-0.25, -0.2) is 4.39 Å². The molecule has 0 radical (unpaired) electrons. The van der Waals surface area contributed by atoms with E-state index in [9.17, 15) is 4.39 Å². The molecule has 3 nitrogen and oxygen atoms in total. The molecule has 1 saturated heterocycles. The first-order chi connectivity index (χ1) is 6.77. The fraction of sp³-hybridized carbons (Fsp3) is 0.400. The second-order valence-electron chi connectivity index (χ2n) is 3.29. The van der Waals surface area contributed by atoms with Crippen LogP contribution in [0.3, 0.4) is 0 Å². The molecule has 2 N–H and O–H groups in total. The first-order valence-corrected chi connectivity index (χ1v) is 4.57. The molecule has 2 rings (SSSR count). The van der Waals surface area contributed by atoms with Crippen molar-refractivity contribution in [3.63, 3.8) is 0 Å². The molecule has 0 bridgehead atoms. The highest BCUT2D eigenvalue weighted by atomic mass is 35.5. The van der Waals surface area contributed by atoms with Gasteiger partial charge in [-0.15, -0.1) is 12.4 Å². The number of aromatic hydroxyl groups is 1. The second kappa shape index (κ2) is 5.30. The lowest BCUT2D eigenvalue weighted by atomic mass is 10.1. The third-order valence-corrected chi connectivity index (χ3v) is 2.28. The molecule has 0 spiro atoms. The molecule has 15 heavy (non-hydrogen) atoms. The van der Waals surface area contributed by atoms with E-state index in [4.69, 9.17) is 9.84 Å². The van der Waals surface area contributed by atoms with Crippen molar-refractivity contribution in [2.75, 3.05) is 19.8 Å². The van der Waals surface area contributed by atoms with Gasteiger partial charge in [0.05, 0.1) is 19.3 Å². The molecule has 1 atom stereocenters. The maximum Gasteiger partial charge on any atom is 0.131 e. The summed E-state index contributed by atoms with van der Waals surface area (Å²) in [5.74, 6) is -0.448. The molecular weight excluding hydrogens is 221 g/mol. The molecule has 1 heterocycles. The minimum absolute atomic E-state index is 0. The standard InChI is InChI=1S/C10H12FNO2.ClH/c11-9-5-7(13)1-2-8(9)10-6-14-4-3-12-10;/h1-2,5,10,12-13H,3-4,6H2;1H/t10-;/m0./s1. The molecule has 1 fully saturated rings. The van der Waals surface area contributed by atoms with Crippen LogP contribution < -0.4 is 5.32 Å². The molecule has 1 aliphatic rings. The number of phenolic OH excluding ortho intramolecular Hbond substituents is 1. The summed E-state index contributed by atoms with van der Waals surface area (Å²) < 4.78 is 18.6. The van der Waals surface area contributed by atoms with E-state index in [1.165, 1.54) is 6.07 Å². The number of nitrogens with one attached hydrogen (secondary N) is 1. The molecule has 0 amide bonds. The molecule has 5 heteroatoms.